The topological polar surface area (TPSA) is 30.5 Å². The number of benzene rings is 1. The van der Waals surface area contributed by atoms with Crippen LogP contribution in [0.4, 0.5) is 0 Å². The Kier molecular flexibility index (Phi) is 7.46. The molecule has 1 aromatic carbocycles. The van der Waals surface area contributed by atoms with Crippen molar-refractivity contribution in [3.8, 4) is 5.75 Å². The van der Waals surface area contributed by atoms with Crippen LogP contribution in [0.1, 0.15) is 31.4 Å². The fraction of sp³-hybridized carbons (Fsp3) is 0.600. The standard InChI is InChI=1S/C15H25NO2/c1-4-16-12-14-9-6-8-13(3)15(14)18-11-7-10-17-5-2/h6,8-9,16H,4-5,7,10-12H2,1-3H3. The van der Waals surface area contributed by atoms with Gasteiger partial charge in [-0.1, -0.05) is 25.1 Å². The summed E-state index contributed by atoms with van der Waals surface area (Å²) in [7, 11) is 0. The number of ether oxygens (including phenoxy) is 2. The van der Waals surface area contributed by atoms with Gasteiger partial charge < -0.3 is 14.8 Å². The molecule has 102 valence electrons. The lowest BCUT2D eigenvalue weighted by Crippen LogP contribution is -2.14. The van der Waals surface area contributed by atoms with Crippen molar-refractivity contribution in [1.82, 2.24) is 5.32 Å². The lowest BCUT2D eigenvalue weighted by molar-refractivity contribution is 0.130. The van der Waals surface area contributed by atoms with Crippen LogP contribution in [0.15, 0.2) is 18.2 Å². The van der Waals surface area contributed by atoms with E-state index in [4.69, 9.17) is 9.47 Å². The Morgan fingerprint density at radius 3 is 2.72 bits per heavy atom. The summed E-state index contributed by atoms with van der Waals surface area (Å²) in [4.78, 5) is 0. The molecule has 0 atom stereocenters. The first kappa shape index (κ1) is 15.0. The number of para-hydroxylation sites is 1. The Bertz CT molecular complexity index is 339. The van der Waals surface area contributed by atoms with Gasteiger partial charge in [-0.15, -0.1) is 0 Å². The van der Waals surface area contributed by atoms with Gasteiger partial charge in [0.1, 0.15) is 5.75 Å². The van der Waals surface area contributed by atoms with Crippen molar-refractivity contribution in [2.24, 2.45) is 0 Å². The monoisotopic (exact) mass is 251 g/mol. The van der Waals surface area contributed by atoms with Gasteiger partial charge in [0.2, 0.25) is 0 Å². The largest absolute Gasteiger partial charge is 0.493 e. The summed E-state index contributed by atoms with van der Waals surface area (Å²) in [6, 6.07) is 6.29. The second-order valence-corrected chi connectivity index (χ2v) is 4.24. The molecule has 0 spiro atoms. The van der Waals surface area contributed by atoms with Crippen molar-refractivity contribution in [2.75, 3.05) is 26.4 Å². The van der Waals surface area contributed by atoms with Gasteiger partial charge >= 0.3 is 0 Å². The highest BCUT2D eigenvalue weighted by Crippen LogP contribution is 2.23. The zero-order chi connectivity index (χ0) is 13.2. The van der Waals surface area contributed by atoms with Crippen LogP contribution in [0.5, 0.6) is 5.75 Å². The van der Waals surface area contributed by atoms with Gasteiger partial charge in [0.25, 0.3) is 0 Å². The van der Waals surface area contributed by atoms with Crippen molar-refractivity contribution >= 4 is 0 Å². The average molecular weight is 251 g/mol. The molecule has 0 radical (unpaired) electrons. The van der Waals surface area contributed by atoms with Gasteiger partial charge in [0.15, 0.2) is 0 Å². The smallest absolute Gasteiger partial charge is 0.126 e. The summed E-state index contributed by atoms with van der Waals surface area (Å²) in [5.41, 5.74) is 2.43. The number of hydrogen-bond acceptors (Lipinski definition) is 3. The zero-order valence-electron chi connectivity index (χ0n) is 11.8. The molecule has 3 heteroatoms. The van der Waals surface area contributed by atoms with Gasteiger partial charge in [-0.3, -0.25) is 0 Å². The summed E-state index contributed by atoms with van der Waals surface area (Å²) in [6.07, 6.45) is 0.933. The van der Waals surface area contributed by atoms with E-state index in [-0.39, 0.29) is 0 Å². The molecule has 0 bridgehead atoms. The Labute approximate surface area is 110 Å². The molecule has 0 aromatic heterocycles. The first-order chi connectivity index (χ1) is 8.79. The molecule has 0 fully saturated rings. The molecule has 0 aliphatic carbocycles. The van der Waals surface area contributed by atoms with Gasteiger partial charge in [-0.2, -0.15) is 0 Å². The normalized spacial score (nSPS) is 10.6. The van der Waals surface area contributed by atoms with Crippen molar-refractivity contribution in [3.05, 3.63) is 29.3 Å². The molecule has 1 aromatic rings. The third-order valence-electron chi connectivity index (χ3n) is 2.74. The van der Waals surface area contributed by atoms with Crippen molar-refractivity contribution in [1.29, 1.82) is 0 Å². The van der Waals surface area contributed by atoms with Crippen LogP contribution in [0.3, 0.4) is 0 Å². The van der Waals surface area contributed by atoms with E-state index in [0.717, 1.165) is 38.5 Å². The van der Waals surface area contributed by atoms with Gasteiger partial charge in [-0.25, -0.2) is 0 Å². The second-order valence-electron chi connectivity index (χ2n) is 4.24. The predicted molar refractivity (Wildman–Crippen MR) is 75.2 cm³/mol. The third kappa shape index (κ3) is 5.07. The van der Waals surface area contributed by atoms with E-state index in [1.54, 1.807) is 0 Å². The van der Waals surface area contributed by atoms with E-state index in [2.05, 4.69) is 37.4 Å². The van der Waals surface area contributed by atoms with Crippen LogP contribution in [-0.2, 0) is 11.3 Å². The minimum Gasteiger partial charge on any atom is -0.493 e. The van der Waals surface area contributed by atoms with E-state index < -0.39 is 0 Å². The molecule has 0 saturated carbocycles. The van der Waals surface area contributed by atoms with Crippen LogP contribution in [0.2, 0.25) is 0 Å². The Morgan fingerprint density at radius 1 is 1.17 bits per heavy atom. The van der Waals surface area contributed by atoms with Crippen LogP contribution >= 0.6 is 0 Å². The first-order valence-electron chi connectivity index (χ1n) is 6.79. The molecule has 0 heterocycles. The molecule has 3 nitrogen and oxygen atoms in total. The molecule has 0 aliphatic rings. The van der Waals surface area contributed by atoms with Crippen LogP contribution in [0, 0.1) is 6.92 Å². The number of nitrogens with one attached hydrogen (secondary N) is 1. The highest BCUT2D eigenvalue weighted by molar-refractivity contribution is 5.40. The Balaban J connectivity index is 2.50. The quantitative estimate of drug-likeness (QED) is 0.685. The minimum absolute atomic E-state index is 0.712. The second kappa shape index (κ2) is 8.95. The molecule has 0 unspecified atom stereocenters. The predicted octanol–water partition coefficient (Wildman–Crippen LogP) is 2.91. The van der Waals surface area contributed by atoms with Gasteiger partial charge in [0.05, 0.1) is 6.61 Å². The average Bonchev–Trinajstić information content (AvgIpc) is 2.38. The molecular weight excluding hydrogens is 226 g/mol. The molecule has 0 aliphatic heterocycles. The van der Waals surface area contributed by atoms with Crippen molar-refractivity contribution in [3.63, 3.8) is 0 Å². The van der Waals surface area contributed by atoms with Crippen LogP contribution in [0.25, 0.3) is 0 Å². The lowest BCUT2D eigenvalue weighted by atomic mass is 10.1. The molecule has 1 rings (SSSR count). The summed E-state index contributed by atoms with van der Waals surface area (Å²) in [5, 5.41) is 3.34. The van der Waals surface area contributed by atoms with E-state index in [0.29, 0.717) is 6.61 Å². The number of aryl methyl sites for hydroxylation is 1. The summed E-state index contributed by atoms with van der Waals surface area (Å²) < 4.78 is 11.2. The molecule has 0 amide bonds. The molecule has 18 heavy (non-hydrogen) atoms. The number of hydrogen-bond donors (Lipinski definition) is 1. The van der Waals surface area contributed by atoms with E-state index in [1.807, 2.05) is 6.92 Å². The lowest BCUT2D eigenvalue weighted by Gasteiger charge is -2.14. The first-order valence-corrected chi connectivity index (χ1v) is 6.79. The fourth-order valence-electron chi connectivity index (χ4n) is 1.80. The summed E-state index contributed by atoms with van der Waals surface area (Å²) in [5.74, 6) is 1.02. The summed E-state index contributed by atoms with van der Waals surface area (Å²) >= 11 is 0. The number of rotatable bonds is 9. The fourth-order valence-corrected chi connectivity index (χ4v) is 1.80. The maximum atomic E-state index is 5.89. The van der Waals surface area contributed by atoms with E-state index in [1.165, 1.54) is 11.1 Å². The van der Waals surface area contributed by atoms with E-state index >= 15 is 0 Å². The van der Waals surface area contributed by atoms with Crippen LogP contribution < -0.4 is 10.1 Å². The summed E-state index contributed by atoms with van der Waals surface area (Å²) in [6.45, 7) is 10.3. The minimum atomic E-state index is 0.712. The van der Waals surface area contributed by atoms with E-state index in [9.17, 15) is 0 Å². The van der Waals surface area contributed by atoms with Crippen molar-refractivity contribution < 1.29 is 9.47 Å². The van der Waals surface area contributed by atoms with Crippen LogP contribution in [-0.4, -0.2) is 26.4 Å². The maximum Gasteiger partial charge on any atom is 0.126 e. The third-order valence-corrected chi connectivity index (χ3v) is 2.74. The Hall–Kier alpha value is -1.06. The maximum absolute atomic E-state index is 5.89. The molecule has 1 N–H and O–H groups in total. The van der Waals surface area contributed by atoms with Crippen molar-refractivity contribution in [2.45, 2.75) is 33.7 Å². The zero-order valence-corrected chi connectivity index (χ0v) is 11.8. The highest BCUT2D eigenvalue weighted by Gasteiger charge is 2.06. The Morgan fingerprint density at radius 2 is 2.00 bits per heavy atom. The molecular formula is C15H25NO2. The SMILES string of the molecule is CCNCc1cccc(C)c1OCCCOCC. The highest BCUT2D eigenvalue weighted by atomic mass is 16.5. The van der Waals surface area contributed by atoms with Gasteiger partial charge in [0, 0.05) is 31.7 Å². The van der Waals surface area contributed by atoms with Gasteiger partial charge in [-0.05, 0) is 26.0 Å². The molecule has 0 saturated heterocycles.